The lowest BCUT2D eigenvalue weighted by molar-refractivity contribution is -0.132. The fourth-order valence-electron chi connectivity index (χ4n) is 2.97. The first-order valence-corrected chi connectivity index (χ1v) is 10.9. The molecule has 0 radical (unpaired) electrons. The van der Waals surface area contributed by atoms with Crippen molar-refractivity contribution in [2.75, 3.05) is 0 Å². The van der Waals surface area contributed by atoms with Crippen molar-refractivity contribution in [2.45, 2.75) is 51.1 Å². The molecule has 2 atom stereocenters. The highest BCUT2D eigenvalue weighted by Gasteiger charge is 2.26. The Morgan fingerprint density at radius 3 is 2.26 bits per heavy atom. The van der Waals surface area contributed by atoms with Crippen LogP contribution in [-0.4, -0.2) is 35.7 Å². The van der Waals surface area contributed by atoms with Crippen molar-refractivity contribution in [1.29, 1.82) is 0 Å². The Morgan fingerprint density at radius 1 is 0.968 bits per heavy atom. The van der Waals surface area contributed by atoms with E-state index in [0.29, 0.717) is 12.8 Å². The lowest BCUT2D eigenvalue weighted by Gasteiger charge is -2.22. The van der Waals surface area contributed by atoms with Gasteiger partial charge in [-0.15, -0.1) is 11.3 Å². The monoisotopic (exact) mass is 444 g/mol. The Balaban J connectivity index is 2.06. The second-order valence-corrected chi connectivity index (χ2v) is 8.39. The summed E-state index contributed by atoms with van der Waals surface area (Å²) in [5.41, 5.74) is 12.5. The van der Waals surface area contributed by atoms with E-state index in [1.54, 1.807) is 11.3 Å². The fourth-order valence-corrected chi connectivity index (χ4v) is 3.69. The van der Waals surface area contributed by atoms with Crippen molar-refractivity contribution >= 4 is 35.0 Å². The molecule has 0 bridgehead atoms. The second-order valence-electron chi connectivity index (χ2n) is 7.36. The molecule has 0 aliphatic heterocycles. The van der Waals surface area contributed by atoms with Crippen LogP contribution in [0.15, 0.2) is 41.8 Å². The van der Waals surface area contributed by atoms with Crippen LogP contribution in [0.2, 0.25) is 0 Å². The van der Waals surface area contributed by atoms with E-state index in [-0.39, 0.29) is 19.3 Å². The minimum Gasteiger partial charge on any atom is -0.370 e. The smallest absolute Gasteiger partial charge is 0.243 e. The highest BCUT2D eigenvalue weighted by Crippen LogP contribution is 2.13. The van der Waals surface area contributed by atoms with Crippen LogP contribution >= 0.6 is 11.3 Å². The molecule has 4 amide bonds. The molecule has 1 aromatic heterocycles. The van der Waals surface area contributed by atoms with E-state index in [2.05, 4.69) is 10.6 Å². The quantitative estimate of drug-likeness (QED) is 0.386. The van der Waals surface area contributed by atoms with E-state index < -0.39 is 35.7 Å². The van der Waals surface area contributed by atoms with E-state index in [9.17, 15) is 19.2 Å². The molecule has 6 N–H and O–H groups in total. The average Bonchev–Trinajstić information content (AvgIpc) is 3.24. The minimum atomic E-state index is -0.915. The zero-order valence-electron chi connectivity index (χ0n) is 17.4. The summed E-state index contributed by atoms with van der Waals surface area (Å²) in [6, 6.07) is 9.64. The number of rotatable bonds is 12. The predicted molar refractivity (Wildman–Crippen MR) is 119 cm³/mol. The van der Waals surface area contributed by atoms with Crippen molar-refractivity contribution in [3.63, 3.8) is 0 Å². The van der Waals surface area contributed by atoms with E-state index in [1.807, 2.05) is 48.7 Å². The Kier molecular flexibility index (Phi) is 9.20. The summed E-state index contributed by atoms with van der Waals surface area (Å²) in [6.07, 6.45) is 0.938. The first-order valence-electron chi connectivity index (χ1n) is 10.00. The molecule has 31 heavy (non-hydrogen) atoms. The van der Waals surface area contributed by atoms with Gasteiger partial charge in [0.2, 0.25) is 23.6 Å². The third-order valence-corrected chi connectivity index (χ3v) is 5.67. The summed E-state index contributed by atoms with van der Waals surface area (Å²) in [7, 11) is 0. The number of benzene rings is 1. The first kappa shape index (κ1) is 24.1. The highest BCUT2D eigenvalue weighted by atomic mass is 32.1. The summed E-state index contributed by atoms with van der Waals surface area (Å²) in [6.45, 7) is 1.95. The predicted octanol–water partition coefficient (Wildman–Crippen LogP) is 0.952. The van der Waals surface area contributed by atoms with Gasteiger partial charge in [-0.1, -0.05) is 35.9 Å². The van der Waals surface area contributed by atoms with Gasteiger partial charge in [0.25, 0.3) is 0 Å². The normalized spacial score (nSPS) is 12.5. The number of primary amides is 2. The molecular weight excluding hydrogens is 416 g/mol. The van der Waals surface area contributed by atoms with Gasteiger partial charge in [-0.25, -0.2) is 0 Å². The third kappa shape index (κ3) is 8.59. The zero-order chi connectivity index (χ0) is 22.8. The van der Waals surface area contributed by atoms with Crippen molar-refractivity contribution < 1.29 is 19.2 Å². The van der Waals surface area contributed by atoms with Crippen molar-refractivity contribution in [2.24, 2.45) is 11.5 Å². The number of hydrogen-bond acceptors (Lipinski definition) is 5. The standard InChI is InChI=1S/C22H28N4O4S/c1-14-4-6-15(7-5-14)13-18(21(24)29)26-22(30)17(9-8-16-3-2-12-31-16)25-20(28)11-10-19(23)27/h2-7,12,17-18H,8-11,13H2,1H3,(H2,23,27)(H2,24,29)(H,25,28)(H,26,30)/t17-,18+/m1/s1. The first-order chi connectivity index (χ1) is 14.7. The van der Waals surface area contributed by atoms with Crippen molar-refractivity contribution in [3.8, 4) is 0 Å². The van der Waals surface area contributed by atoms with Crippen molar-refractivity contribution in [3.05, 3.63) is 57.8 Å². The number of amides is 4. The van der Waals surface area contributed by atoms with E-state index in [0.717, 1.165) is 16.0 Å². The van der Waals surface area contributed by atoms with E-state index in [1.165, 1.54) is 0 Å². The van der Waals surface area contributed by atoms with Gasteiger partial charge in [0.15, 0.2) is 0 Å². The van der Waals surface area contributed by atoms with Crippen LogP contribution in [-0.2, 0) is 32.0 Å². The highest BCUT2D eigenvalue weighted by molar-refractivity contribution is 7.09. The van der Waals surface area contributed by atoms with Gasteiger partial charge in [0.1, 0.15) is 12.1 Å². The minimum absolute atomic E-state index is 0.109. The molecule has 0 fully saturated rings. The average molecular weight is 445 g/mol. The molecule has 2 rings (SSSR count). The van der Waals surface area contributed by atoms with Gasteiger partial charge in [-0.3, -0.25) is 19.2 Å². The Hall–Kier alpha value is -3.20. The molecule has 9 heteroatoms. The van der Waals surface area contributed by atoms with E-state index in [4.69, 9.17) is 11.5 Å². The summed E-state index contributed by atoms with van der Waals surface area (Å²) in [5.74, 6) is -2.22. The molecular formula is C22H28N4O4S. The van der Waals surface area contributed by atoms with Gasteiger partial charge in [0.05, 0.1) is 0 Å². The van der Waals surface area contributed by atoms with Crippen LogP contribution < -0.4 is 22.1 Å². The molecule has 0 saturated heterocycles. The summed E-state index contributed by atoms with van der Waals surface area (Å²) < 4.78 is 0. The number of aryl methyl sites for hydroxylation is 2. The van der Waals surface area contributed by atoms with E-state index >= 15 is 0 Å². The van der Waals surface area contributed by atoms with Crippen LogP contribution in [0, 0.1) is 6.92 Å². The number of nitrogens with one attached hydrogen (secondary N) is 2. The maximum Gasteiger partial charge on any atom is 0.243 e. The lowest BCUT2D eigenvalue weighted by atomic mass is 10.0. The second kappa shape index (κ2) is 11.8. The molecule has 2 aromatic rings. The van der Waals surface area contributed by atoms with Gasteiger partial charge >= 0.3 is 0 Å². The molecule has 1 aromatic carbocycles. The molecule has 8 nitrogen and oxygen atoms in total. The molecule has 0 aliphatic rings. The molecule has 166 valence electrons. The van der Waals surface area contributed by atoms with Gasteiger partial charge in [-0.2, -0.15) is 0 Å². The summed E-state index contributed by atoms with van der Waals surface area (Å²) >= 11 is 1.55. The zero-order valence-corrected chi connectivity index (χ0v) is 18.2. The molecule has 0 spiro atoms. The SMILES string of the molecule is Cc1ccc(C[C@H](NC(=O)[C@@H](CCc2cccs2)NC(=O)CCC(N)=O)C(N)=O)cc1. The Labute approximate surface area is 185 Å². The third-order valence-electron chi connectivity index (χ3n) is 4.73. The topological polar surface area (TPSA) is 144 Å². The molecule has 0 saturated carbocycles. The number of nitrogens with two attached hydrogens (primary N) is 2. The number of carbonyl (C=O) groups excluding carboxylic acids is 4. The lowest BCUT2D eigenvalue weighted by Crippen LogP contribution is -2.53. The van der Waals surface area contributed by atoms with Gasteiger partial charge in [-0.05, 0) is 36.8 Å². The van der Waals surface area contributed by atoms with Crippen LogP contribution in [0.4, 0.5) is 0 Å². The summed E-state index contributed by atoms with van der Waals surface area (Å²) in [5, 5.41) is 7.24. The Morgan fingerprint density at radius 2 is 1.68 bits per heavy atom. The molecule has 0 aliphatic carbocycles. The summed E-state index contributed by atoms with van der Waals surface area (Å²) in [4.78, 5) is 49.0. The van der Waals surface area contributed by atoms with Gasteiger partial charge < -0.3 is 22.1 Å². The van der Waals surface area contributed by atoms with Crippen LogP contribution in [0.5, 0.6) is 0 Å². The van der Waals surface area contributed by atoms with Crippen LogP contribution in [0.3, 0.4) is 0 Å². The van der Waals surface area contributed by atoms with Gasteiger partial charge in [0, 0.05) is 24.1 Å². The number of thiophene rings is 1. The van der Waals surface area contributed by atoms with Crippen LogP contribution in [0.1, 0.15) is 35.3 Å². The fraction of sp³-hybridized carbons (Fsp3) is 0.364. The van der Waals surface area contributed by atoms with Crippen molar-refractivity contribution in [1.82, 2.24) is 10.6 Å². The number of carbonyl (C=O) groups is 4. The maximum atomic E-state index is 12.9. The number of hydrogen-bond donors (Lipinski definition) is 4. The maximum absolute atomic E-state index is 12.9. The molecule has 1 heterocycles. The largest absolute Gasteiger partial charge is 0.370 e. The van der Waals surface area contributed by atoms with Crippen LogP contribution in [0.25, 0.3) is 0 Å². The molecule has 0 unspecified atom stereocenters. The Bertz CT molecular complexity index is 897.